The maximum absolute atomic E-state index is 13.4. The quantitative estimate of drug-likeness (QED) is 0.270. The number of methoxy groups -OCH3 is 1. The lowest BCUT2D eigenvalue weighted by atomic mass is 9.98. The number of unbranched alkanes of at least 4 members (excludes halogenated alkanes) is 6. The number of ether oxygens (including phenoxy) is 1. The fourth-order valence-corrected chi connectivity index (χ4v) is 5.13. The molecule has 9 heteroatoms. The van der Waals surface area contributed by atoms with Crippen molar-refractivity contribution in [3.05, 3.63) is 70.3 Å². The van der Waals surface area contributed by atoms with Gasteiger partial charge in [0.05, 0.1) is 24.4 Å². The number of hydrogen-bond donors (Lipinski definition) is 2. The van der Waals surface area contributed by atoms with Crippen LogP contribution in [0.3, 0.4) is 0 Å². The Kier molecular flexibility index (Phi) is 10.1. The molecule has 8 nitrogen and oxygen atoms in total. The van der Waals surface area contributed by atoms with E-state index in [9.17, 15) is 4.79 Å². The van der Waals surface area contributed by atoms with Gasteiger partial charge in [-0.3, -0.25) is 14.4 Å². The molecule has 2 heterocycles. The number of hydrogen-bond acceptors (Lipinski definition) is 6. The molecule has 208 valence electrons. The van der Waals surface area contributed by atoms with Crippen LogP contribution in [0.1, 0.15) is 80.7 Å². The Bertz CT molecular complexity index is 1290. The summed E-state index contributed by atoms with van der Waals surface area (Å²) in [6.45, 7) is 5.24. The predicted molar refractivity (Wildman–Crippen MR) is 156 cm³/mol. The van der Waals surface area contributed by atoms with Gasteiger partial charge in [-0.05, 0) is 56.6 Å². The first kappa shape index (κ1) is 28.8. The third-order valence-electron chi connectivity index (χ3n) is 7.27. The summed E-state index contributed by atoms with van der Waals surface area (Å²) in [5, 5.41) is 12.6. The van der Waals surface area contributed by atoms with Gasteiger partial charge in [-0.1, -0.05) is 62.8 Å². The number of fused-ring (bicyclic) bond motifs is 3. The Morgan fingerprint density at radius 2 is 1.74 bits per heavy atom. The van der Waals surface area contributed by atoms with E-state index in [4.69, 9.17) is 27.1 Å². The van der Waals surface area contributed by atoms with Crippen molar-refractivity contribution >= 4 is 23.2 Å². The van der Waals surface area contributed by atoms with Gasteiger partial charge in [0.2, 0.25) is 5.91 Å². The molecule has 0 unspecified atom stereocenters. The highest BCUT2D eigenvalue weighted by atomic mass is 35.5. The molecule has 0 spiro atoms. The van der Waals surface area contributed by atoms with Gasteiger partial charge in [-0.25, -0.2) is 0 Å². The molecule has 0 aliphatic carbocycles. The Morgan fingerprint density at radius 1 is 1.05 bits per heavy atom. The molecular formula is C30H39ClN6O2. The summed E-state index contributed by atoms with van der Waals surface area (Å²) in [5.41, 5.74) is 8.98. The molecule has 0 bridgehead atoms. The molecule has 3 aromatic rings. The molecule has 1 aromatic heterocycles. The molecule has 0 saturated heterocycles. The number of nitrogens with two attached hydrogens (primary N) is 1. The third-order valence-corrected chi connectivity index (χ3v) is 7.52. The topological polar surface area (TPSA) is 107 Å². The van der Waals surface area contributed by atoms with Gasteiger partial charge < -0.3 is 15.8 Å². The number of nitrogens with one attached hydrogen (secondary N) is 1. The largest absolute Gasteiger partial charge is 0.497 e. The lowest BCUT2D eigenvalue weighted by Crippen LogP contribution is -2.33. The third kappa shape index (κ3) is 6.86. The van der Waals surface area contributed by atoms with Gasteiger partial charge in [-0.15, -0.1) is 10.2 Å². The molecule has 0 saturated carbocycles. The number of rotatable bonds is 13. The number of nitrogens with zero attached hydrogens (tertiary/aromatic N) is 4. The summed E-state index contributed by atoms with van der Waals surface area (Å²) >= 11 is 6.20. The van der Waals surface area contributed by atoms with Crippen LogP contribution in [-0.2, 0) is 4.79 Å². The van der Waals surface area contributed by atoms with Crippen molar-refractivity contribution in [1.82, 2.24) is 20.1 Å². The molecule has 2 atom stereocenters. The highest BCUT2D eigenvalue weighted by Crippen LogP contribution is 2.36. The lowest BCUT2D eigenvalue weighted by Gasteiger charge is -2.19. The molecule has 0 fully saturated rings. The van der Waals surface area contributed by atoms with Crippen molar-refractivity contribution in [3.8, 4) is 11.4 Å². The van der Waals surface area contributed by atoms with Gasteiger partial charge in [-0.2, -0.15) is 0 Å². The number of benzene rings is 2. The SMILES string of the molecule is COc1ccc2c(c1)C(c1ccc(Cl)cc1)=N[C@@H]([C@@H](C)C(=O)NCCCCCCCCCN)c1nnc(C)n1-2. The number of amides is 1. The molecule has 0 radical (unpaired) electrons. The molecule has 1 aliphatic rings. The average Bonchev–Trinajstić information content (AvgIpc) is 3.26. The van der Waals surface area contributed by atoms with Crippen LogP contribution in [0.15, 0.2) is 47.5 Å². The predicted octanol–water partition coefficient (Wildman–Crippen LogP) is 5.57. The summed E-state index contributed by atoms with van der Waals surface area (Å²) < 4.78 is 7.55. The van der Waals surface area contributed by atoms with Gasteiger partial charge in [0.15, 0.2) is 5.82 Å². The second kappa shape index (κ2) is 13.7. The zero-order valence-corrected chi connectivity index (χ0v) is 23.9. The van der Waals surface area contributed by atoms with E-state index in [0.717, 1.165) is 54.2 Å². The van der Waals surface area contributed by atoms with Crippen molar-refractivity contribution in [2.75, 3.05) is 20.2 Å². The van der Waals surface area contributed by atoms with E-state index in [0.29, 0.717) is 23.1 Å². The van der Waals surface area contributed by atoms with Crippen LogP contribution in [0.4, 0.5) is 0 Å². The number of carbonyl (C=O) groups excluding carboxylic acids is 1. The molecule has 4 rings (SSSR count). The second-order valence-corrected chi connectivity index (χ2v) is 10.5. The Balaban J connectivity index is 1.58. The number of carbonyl (C=O) groups is 1. The fourth-order valence-electron chi connectivity index (χ4n) is 5.00. The molecule has 1 amide bonds. The van der Waals surface area contributed by atoms with E-state index >= 15 is 0 Å². The second-order valence-electron chi connectivity index (χ2n) is 10.1. The van der Waals surface area contributed by atoms with Gasteiger partial charge in [0.1, 0.15) is 17.6 Å². The number of aromatic nitrogens is 3. The Labute approximate surface area is 236 Å². The number of aryl methyl sites for hydroxylation is 1. The van der Waals surface area contributed by atoms with Crippen LogP contribution < -0.4 is 15.8 Å². The highest BCUT2D eigenvalue weighted by molar-refractivity contribution is 6.30. The monoisotopic (exact) mass is 550 g/mol. The van der Waals surface area contributed by atoms with E-state index in [1.807, 2.05) is 60.9 Å². The Hall–Kier alpha value is -3.23. The van der Waals surface area contributed by atoms with E-state index in [1.165, 1.54) is 25.7 Å². The smallest absolute Gasteiger partial charge is 0.225 e. The maximum atomic E-state index is 13.4. The van der Waals surface area contributed by atoms with Crippen LogP contribution in [0.25, 0.3) is 5.69 Å². The Morgan fingerprint density at radius 3 is 2.44 bits per heavy atom. The summed E-state index contributed by atoms with van der Waals surface area (Å²) in [4.78, 5) is 18.5. The molecule has 1 aliphatic heterocycles. The summed E-state index contributed by atoms with van der Waals surface area (Å²) in [6, 6.07) is 12.9. The average molecular weight is 551 g/mol. The van der Waals surface area contributed by atoms with Crippen molar-refractivity contribution in [2.24, 2.45) is 16.6 Å². The van der Waals surface area contributed by atoms with E-state index in [1.54, 1.807) is 7.11 Å². The van der Waals surface area contributed by atoms with E-state index in [-0.39, 0.29) is 5.91 Å². The maximum Gasteiger partial charge on any atom is 0.225 e. The zero-order valence-electron chi connectivity index (χ0n) is 23.1. The minimum absolute atomic E-state index is 0.0436. The first-order chi connectivity index (χ1) is 18.9. The van der Waals surface area contributed by atoms with Crippen LogP contribution in [0, 0.1) is 12.8 Å². The standard InChI is InChI=1S/C30H39ClN6O2/c1-20(30(38)33-18-10-8-6-4-5-7-9-17-32)27-29-36-35-21(2)37(29)26-16-15-24(39-3)19-25(26)28(34-27)22-11-13-23(31)14-12-22/h11-16,19-20,27H,4-10,17-18,32H2,1-3H3,(H,33,38)/t20-,27+/m1/s1. The van der Waals surface area contributed by atoms with Gasteiger partial charge >= 0.3 is 0 Å². The summed E-state index contributed by atoms with van der Waals surface area (Å²) in [7, 11) is 1.64. The number of halogens is 1. The first-order valence-corrected chi connectivity index (χ1v) is 14.2. The van der Waals surface area contributed by atoms with Gasteiger partial charge in [0, 0.05) is 22.7 Å². The normalized spacial score (nSPS) is 15.1. The van der Waals surface area contributed by atoms with Crippen LogP contribution in [0.2, 0.25) is 5.02 Å². The first-order valence-electron chi connectivity index (χ1n) is 13.9. The lowest BCUT2D eigenvalue weighted by molar-refractivity contribution is -0.125. The van der Waals surface area contributed by atoms with Crippen molar-refractivity contribution in [2.45, 2.75) is 64.8 Å². The molecular weight excluding hydrogens is 512 g/mol. The van der Waals surface area contributed by atoms with E-state index in [2.05, 4.69) is 15.5 Å². The van der Waals surface area contributed by atoms with Crippen molar-refractivity contribution in [1.29, 1.82) is 0 Å². The molecule has 3 N–H and O–H groups in total. The minimum Gasteiger partial charge on any atom is -0.497 e. The van der Waals surface area contributed by atoms with Gasteiger partial charge in [0.25, 0.3) is 0 Å². The van der Waals surface area contributed by atoms with Crippen molar-refractivity contribution < 1.29 is 9.53 Å². The molecule has 39 heavy (non-hydrogen) atoms. The molecule has 2 aromatic carbocycles. The van der Waals surface area contributed by atoms with Crippen LogP contribution in [0.5, 0.6) is 5.75 Å². The highest BCUT2D eigenvalue weighted by Gasteiger charge is 2.34. The van der Waals surface area contributed by atoms with Crippen LogP contribution in [-0.4, -0.2) is 46.6 Å². The van der Waals surface area contributed by atoms with Crippen molar-refractivity contribution in [3.63, 3.8) is 0 Å². The summed E-state index contributed by atoms with van der Waals surface area (Å²) in [6.07, 6.45) is 7.98. The zero-order chi connectivity index (χ0) is 27.8. The fraction of sp³-hybridized carbons (Fsp3) is 0.467. The van der Waals surface area contributed by atoms with E-state index < -0.39 is 12.0 Å². The van der Waals surface area contributed by atoms with Crippen LogP contribution >= 0.6 is 11.6 Å². The number of aliphatic imine (C=N–C) groups is 1. The summed E-state index contributed by atoms with van der Waals surface area (Å²) in [5.74, 6) is 1.59. The minimum atomic E-state index is -0.530.